The first-order valence-corrected chi connectivity index (χ1v) is 5.15. The summed E-state index contributed by atoms with van der Waals surface area (Å²) >= 11 is 5.92. The highest BCUT2D eigenvalue weighted by Gasteiger charge is 2.08. The third kappa shape index (κ3) is 2.02. The van der Waals surface area contributed by atoms with Crippen LogP contribution in [0, 0.1) is 5.82 Å². The molecule has 84 valence electrons. The highest BCUT2D eigenvalue weighted by molar-refractivity contribution is 6.35. The number of hydrogen-bond donors (Lipinski definition) is 2. The average Bonchev–Trinajstić information content (AvgIpc) is 2.56. The zero-order valence-electron chi connectivity index (χ0n) is 8.60. The number of aromatic amines is 1. The van der Waals surface area contributed by atoms with Crippen molar-refractivity contribution in [3.05, 3.63) is 34.7 Å². The topological polar surface area (TPSA) is 44.9 Å². The van der Waals surface area contributed by atoms with E-state index in [2.05, 4.69) is 10.3 Å². The molecule has 1 aromatic carbocycles. The average molecular weight is 241 g/mol. The van der Waals surface area contributed by atoms with Gasteiger partial charge in [-0.1, -0.05) is 11.6 Å². The fraction of sp³-hybridized carbons (Fsp3) is 0.182. The van der Waals surface area contributed by atoms with Crippen LogP contribution in [0.2, 0.25) is 5.02 Å². The van der Waals surface area contributed by atoms with E-state index in [0.717, 1.165) is 5.39 Å². The first kappa shape index (κ1) is 11.0. The van der Waals surface area contributed by atoms with E-state index in [9.17, 15) is 9.18 Å². The molecule has 0 unspecified atom stereocenters. The fourth-order valence-electron chi connectivity index (χ4n) is 1.51. The van der Waals surface area contributed by atoms with E-state index in [4.69, 9.17) is 11.6 Å². The Morgan fingerprint density at radius 2 is 2.31 bits per heavy atom. The highest BCUT2D eigenvalue weighted by Crippen LogP contribution is 2.25. The van der Waals surface area contributed by atoms with Crippen molar-refractivity contribution in [2.45, 2.75) is 13.5 Å². The van der Waals surface area contributed by atoms with Gasteiger partial charge in [0.15, 0.2) is 0 Å². The Kier molecular flexibility index (Phi) is 2.83. The van der Waals surface area contributed by atoms with Crippen LogP contribution in [0.5, 0.6) is 0 Å². The van der Waals surface area contributed by atoms with Gasteiger partial charge in [-0.2, -0.15) is 0 Å². The number of aromatic nitrogens is 1. The molecular formula is C11H10ClFN2O. The van der Waals surface area contributed by atoms with Gasteiger partial charge in [-0.15, -0.1) is 0 Å². The van der Waals surface area contributed by atoms with Gasteiger partial charge in [0.05, 0.1) is 5.02 Å². The SMILES string of the molecule is CC(=O)NCc1cc2c(Cl)c[nH]c2cc1F. The summed E-state index contributed by atoms with van der Waals surface area (Å²) in [4.78, 5) is 13.6. The molecule has 0 spiro atoms. The maximum atomic E-state index is 13.6. The van der Waals surface area contributed by atoms with Gasteiger partial charge in [-0.05, 0) is 12.1 Å². The molecule has 0 saturated heterocycles. The van der Waals surface area contributed by atoms with Crippen molar-refractivity contribution in [1.29, 1.82) is 0 Å². The molecule has 2 aromatic rings. The summed E-state index contributed by atoms with van der Waals surface area (Å²) in [5, 5.41) is 3.84. The van der Waals surface area contributed by atoms with Crippen molar-refractivity contribution < 1.29 is 9.18 Å². The maximum absolute atomic E-state index is 13.6. The quantitative estimate of drug-likeness (QED) is 0.833. The molecule has 0 fully saturated rings. The van der Waals surface area contributed by atoms with E-state index >= 15 is 0 Å². The molecular weight excluding hydrogens is 231 g/mol. The summed E-state index contributed by atoms with van der Waals surface area (Å²) in [6.07, 6.45) is 1.61. The van der Waals surface area contributed by atoms with Crippen LogP contribution in [0.15, 0.2) is 18.3 Å². The van der Waals surface area contributed by atoms with Crippen molar-refractivity contribution in [3.8, 4) is 0 Å². The minimum absolute atomic E-state index is 0.165. The Labute approximate surface area is 96.6 Å². The molecule has 2 rings (SSSR count). The van der Waals surface area contributed by atoms with Crippen LogP contribution in [-0.4, -0.2) is 10.9 Å². The summed E-state index contributed by atoms with van der Waals surface area (Å²) in [5.74, 6) is -0.556. The number of benzene rings is 1. The number of carbonyl (C=O) groups excluding carboxylic acids is 1. The summed E-state index contributed by atoms with van der Waals surface area (Å²) in [6.45, 7) is 1.55. The van der Waals surface area contributed by atoms with Gasteiger partial charge in [0, 0.05) is 36.1 Å². The van der Waals surface area contributed by atoms with E-state index in [0.29, 0.717) is 16.1 Å². The molecule has 0 aliphatic rings. The number of amides is 1. The molecule has 0 atom stereocenters. The molecule has 1 aromatic heterocycles. The van der Waals surface area contributed by atoms with Gasteiger partial charge < -0.3 is 10.3 Å². The van der Waals surface area contributed by atoms with Crippen LogP contribution in [0.3, 0.4) is 0 Å². The lowest BCUT2D eigenvalue weighted by molar-refractivity contribution is -0.119. The predicted molar refractivity (Wildman–Crippen MR) is 60.8 cm³/mol. The molecule has 1 heterocycles. The summed E-state index contributed by atoms with van der Waals surface area (Å²) in [5.41, 5.74) is 1.07. The Bertz CT molecular complexity index is 550. The second-order valence-corrected chi connectivity index (χ2v) is 3.94. The minimum Gasteiger partial charge on any atom is -0.360 e. The minimum atomic E-state index is -0.361. The van der Waals surface area contributed by atoms with Gasteiger partial charge in [-0.3, -0.25) is 4.79 Å². The van der Waals surface area contributed by atoms with Crippen LogP contribution < -0.4 is 5.32 Å². The van der Waals surface area contributed by atoms with Crippen molar-refractivity contribution in [2.24, 2.45) is 0 Å². The third-order valence-electron chi connectivity index (χ3n) is 2.33. The van der Waals surface area contributed by atoms with Gasteiger partial charge in [0.25, 0.3) is 0 Å². The second kappa shape index (κ2) is 4.14. The summed E-state index contributed by atoms with van der Waals surface area (Å²) in [7, 11) is 0. The van der Waals surface area contributed by atoms with Crippen molar-refractivity contribution >= 4 is 28.4 Å². The zero-order valence-corrected chi connectivity index (χ0v) is 9.36. The van der Waals surface area contributed by atoms with Gasteiger partial charge in [0.1, 0.15) is 5.82 Å². The Morgan fingerprint density at radius 1 is 1.56 bits per heavy atom. The van der Waals surface area contributed by atoms with Gasteiger partial charge in [-0.25, -0.2) is 4.39 Å². The number of H-pyrrole nitrogens is 1. The number of nitrogens with one attached hydrogen (secondary N) is 2. The highest BCUT2D eigenvalue weighted by atomic mass is 35.5. The number of fused-ring (bicyclic) bond motifs is 1. The predicted octanol–water partition coefficient (Wildman–Crippen LogP) is 2.60. The van der Waals surface area contributed by atoms with Crippen molar-refractivity contribution in [1.82, 2.24) is 10.3 Å². The van der Waals surface area contributed by atoms with Gasteiger partial charge in [0.2, 0.25) is 5.91 Å². The molecule has 0 aliphatic carbocycles. The van der Waals surface area contributed by atoms with Gasteiger partial charge >= 0.3 is 0 Å². The first-order chi connectivity index (χ1) is 7.58. The molecule has 0 aliphatic heterocycles. The lowest BCUT2D eigenvalue weighted by Crippen LogP contribution is -2.19. The lowest BCUT2D eigenvalue weighted by atomic mass is 10.1. The van der Waals surface area contributed by atoms with E-state index in [1.807, 2.05) is 0 Å². The maximum Gasteiger partial charge on any atom is 0.217 e. The number of hydrogen-bond acceptors (Lipinski definition) is 1. The smallest absolute Gasteiger partial charge is 0.217 e. The van der Waals surface area contributed by atoms with E-state index in [-0.39, 0.29) is 18.3 Å². The normalized spacial score (nSPS) is 10.7. The zero-order chi connectivity index (χ0) is 11.7. The molecule has 0 radical (unpaired) electrons. The lowest BCUT2D eigenvalue weighted by Gasteiger charge is -2.04. The summed E-state index contributed by atoms with van der Waals surface area (Å²) in [6, 6.07) is 3.01. The summed E-state index contributed by atoms with van der Waals surface area (Å²) < 4.78 is 13.6. The molecule has 5 heteroatoms. The Balaban J connectivity index is 2.40. The fourth-order valence-corrected chi connectivity index (χ4v) is 1.72. The largest absolute Gasteiger partial charge is 0.360 e. The molecule has 2 N–H and O–H groups in total. The standard InChI is InChI=1S/C11H10ClFN2O/c1-6(16)14-4-7-2-8-9(12)5-15-11(8)3-10(7)13/h2-3,5,15H,4H2,1H3,(H,14,16). The number of rotatable bonds is 2. The Morgan fingerprint density at radius 3 is 3.00 bits per heavy atom. The molecule has 0 bridgehead atoms. The van der Waals surface area contributed by atoms with Crippen molar-refractivity contribution in [2.75, 3.05) is 0 Å². The van der Waals surface area contributed by atoms with Crippen LogP contribution in [0.25, 0.3) is 10.9 Å². The Hall–Kier alpha value is -1.55. The van der Waals surface area contributed by atoms with Crippen LogP contribution >= 0.6 is 11.6 Å². The molecule has 16 heavy (non-hydrogen) atoms. The molecule has 3 nitrogen and oxygen atoms in total. The second-order valence-electron chi connectivity index (χ2n) is 3.54. The first-order valence-electron chi connectivity index (χ1n) is 4.77. The van der Waals surface area contributed by atoms with E-state index < -0.39 is 0 Å². The molecule has 0 saturated carbocycles. The van der Waals surface area contributed by atoms with E-state index in [1.165, 1.54) is 13.0 Å². The molecule has 1 amide bonds. The van der Waals surface area contributed by atoms with Crippen LogP contribution in [0.1, 0.15) is 12.5 Å². The number of carbonyl (C=O) groups is 1. The number of halogens is 2. The van der Waals surface area contributed by atoms with Crippen molar-refractivity contribution in [3.63, 3.8) is 0 Å². The van der Waals surface area contributed by atoms with E-state index in [1.54, 1.807) is 12.3 Å². The third-order valence-corrected chi connectivity index (χ3v) is 2.64. The van der Waals surface area contributed by atoms with Crippen LogP contribution in [-0.2, 0) is 11.3 Å². The monoisotopic (exact) mass is 240 g/mol. The van der Waals surface area contributed by atoms with Crippen LogP contribution in [0.4, 0.5) is 4.39 Å².